The zero-order chi connectivity index (χ0) is 12.7. The Hall–Kier alpha value is -0.610. The number of esters is 1. The van der Waals surface area contributed by atoms with Crippen molar-refractivity contribution in [3.05, 3.63) is 0 Å². The van der Waals surface area contributed by atoms with E-state index in [9.17, 15) is 4.79 Å². The third kappa shape index (κ3) is 5.50. The van der Waals surface area contributed by atoms with Gasteiger partial charge in [0.1, 0.15) is 0 Å². The minimum atomic E-state index is -0.197. The highest BCUT2D eigenvalue weighted by molar-refractivity contribution is 5.69. The molecule has 1 rings (SSSR count). The van der Waals surface area contributed by atoms with Gasteiger partial charge in [-0.2, -0.15) is 0 Å². The maximum absolute atomic E-state index is 10.9. The Kier molecular flexibility index (Phi) is 6.52. The smallest absolute Gasteiger partial charge is 0.307 e. The van der Waals surface area contributed by atoms with Crippen LogP contribution in [0.1, 0.15) is 33.1 Å². The molecule has 1 aliphatic heterocycles. The molecule has 1 atom stereocenters. The van der Waals surface area contributed by atoms with Gasteiger partial charge in [0.15, 0.2) is 0 Å². The van der Waals surface area contributed by atoms with Crippen molar-refractivity contribution < 1.29 is 14.3 Å². The zero-order valence-electron chi connectivity index (χ0n) is 11.3. The van der Waals surface area contributed by atoms with Crippen LogP contribution >= 0.6 is 0 Å². The van der Waals surface area contributed by atoms with Gasteiger partial charge in [-0.05, 0) is 39.2 Å². The van der Waals surface area contributed by atoms with E-state index in [1.165, 1.54) is 26.5 Å². The molecule has 0 saturated carbocycles. The Labute approximate surface area is 104 Å². The fourth-order valence-corrected chi connectivity index (χ4v) is 2.21. The molecule has 0 aromatic heterocycles. The number of likely N-dealkylation sites (tertiary alicyclic amines) is 1. The maximum Gasteiger partial charge on any atom is 0.307 e. The normalized spacial score (nSPS) is 21.8. The molecule has 0 radical (unpaired) electrons. The third-order valence-electron chi connectivity index (χ3n) is 3.31. The molecule has 0 unspecified atom stereocenters. The molecular formula is C13H25NO3. The SMILES string of the molecule is COC(=O)CCOC[C@H]1CCCN(C(C)C)C1. The predicted molar refractivity (Wildman–Crippen MR) is 66.9 cm³/mol. The van der Waals surface area contributed by atoms with Crippen LogP contribution in [0.4, 0.5) is 0 Å². The van der Waals surface area contributed by atoms with Crippen LogP contribution < -0.4 is 0 Å². The van der Waals surface area contributed by atoms with Gasteiger partial charge in [0, 0.05) is 12.6 Å². The number of carbonyl (C=O) groups excluding carboxylic acids is 1. The molecule has 1 fully saturated rings. The molecule has 17 heavy (non-hydrogen) atoms. The first kappa shape index (κ1) is 14.5. The lowest BCUT2D eigenvalue weighted by molar-refractivity contribution is -0.141. The number of nitrogens with zero attached hydrogens (tertiary/aromatic N) is 1. The van der Waals surface area contributed by atoms with E-state index in [2.05, 4.69) is 23.5 Å². The van der Waals surface area contributed by atoms with Crippen LogP contribution in [-0.2, 0) is 14.3 Å². The summed E-state index contributed by atoms with van der Waals surface area (Å²) in [5, 5.41) is 0. The molecule has 1 aliphatic rings. The van der Waals surface area contributed by atoms with Crippen molar-refractivity contribution in [3.8, 4) is 0 Å². The lowest BCUT2D eigenvalue weighted by Crippen LogP contribution is -2.41. The highest BCUT2D eigenvalue weighted by Crippen LogP contribution is 2.18. The van der Waals surface area contributed by atoms with Crippen molar-refractivity contribution >= 4 is 5.97 Å². The van der Waals surface area contributed by atoms with E-state index in [0.29, 0.717) is 25.0 Å². The summed E-state index contributed by atoms with van der Waals surface area (Å²) in [6, 6.07) is 0.618. The number of hydrogen-bond acceptors (Lipinski definition) is 4. The number of rotatable bonds is 6. The van der Waals surface area contributed by atoms with Crippen molar-refractivity contribution in [2.75, 3.05) is 33.4 Å². The molecule has 0 aromatic carbocycles. The molecule has 0 amide bonds. The summed E-state index contributed by atoms with van der Waals surface area (Å²) in [4.78, 5) is 13.4. The maximum atomic E-state index is 10.9. The number of ether oxygens (including phenoxy) is 2. The predicted octanol–water partition coefficient (Wildman–Crippen LogP) is 1.69. The molecule has 1 heterocycles. The van der Waals surface area contributed by atoms with Crippen LogP contribution in [0.15, 0.2) is 0 Å². The molecule has 0 spiro atoms. The number of piperidine rings is 1. The summed E-state index contributed by atoms with van der Waals surface area (Å²) in [6.07, 6.45) is 2.85. The van der Waals surface area contributed by atoms with Crippen LogP contribution in [-0.4, -0.2) is 50.3 Å². The third-order valence-corrected chi connectivity index (χ3v) is 3.31. The fraction of sp³-hybridized carbons (Fsp3) is 0.923. The highest BCUT2D eigenvalue weighted by Gasteiger charge is 2.21. The second-order valence-electron chi connectivity index (χ2n) is 5.00. The van der Waals surface area contributed by atoms with Crippen molar-refractivity contribution in [2.45, 2.75) is 39.2 Å². The lowest BCUT2D eigenvalue weighted by atomic mass is 9.98. The van der Waals surface area contributed by atoms with Gasteiger partial charge in [0.05, 0.1) is 26.7 Å². The largest absolute Gasteiger partial charge is 0.469 e. The summed E-state index contributed by atoms with van der Waals surface area (Å²) < 4.78 is 10.1. The summed E-state index contributed by atoms with van der Waals surface area (Å²) in [5.74, 6) is 0.418. The zero-order valence-corrected chi connectivity index (χ0v) is 11.3. The summed E-state index contributed by atoms with van der Waals surface area (Å²) in [5.41, 5.74) is 0. The molecule has 0 bridgehead atoms. The van der Waals surface area contributed by atoms with Gasteiger partial charge in [0.2, 0.25) is 0 Å². The number of methoxy groups -OCH3 is 1. The van der Waals surface area contributed by atoms with E-state index >= 15 is 0 Å². The van der Waals surface area contributed by atoms with Crippen LogP contribution in [0.5, 0.6) is 0 Å². The van der Waals surface area contributed by atoms with Gasteiger partial charge in [-0.3, -0.25) is 4.79 Å². The Balaban J connectivity index is 2.12. The minimum Gasteiger partial charge on any atom is -0.469 e. The summed E-state index contributed by atoms with van der Waals surface area (Å²) >= 11 is 0. The quantitative estimate of drug-likeness (QED) is 0.525. The summed E-state index contributed by atoms with van der Waals surface area (Å²) in [7, 11) is 1.41. The first-order chi connectivity index (χ1) is 8.13. The van der Waals surface area contributed by atoms with Crippen LogP contribution in [0, 0.1) is 5.92 Å². The molecule has 0 aromatic rings. The average molecular weight is 243 g/mol. The monoisotopic (exact) mass is 243 g/mol. The van der Waals surface area contributed by atoms with Crippen molar-refractivity contribution in [1.29, 1.82) is 0 Å². The van der Waals surface area contributed by atoms with Crippen molar-refractivity contribution in [3.63, 3.8) is 0 Å². The number of carbonyl (C=O) groups is 1. The lowest BCUT2D eigenvalue weighted by Gasteiger charge is -2.35. The van der Waals surface area contributed by atoms with E-state index in [1.807, 2.05) is 0 Å². The highest BCUT2D eigenvalue weighted by atomic mass is 16.5. The van der Waals surface area contributed by atoms with Gasteiger partial charge >= 0.3 is 5.97 Å². The van der Waals surface area contributed by atoms with Gasteiger partial charge in [0.25, 0.3) is 0 Å². The molecule has 0 aliphatic carbocycles. The topological polar surface area (TPSA) is 38.8 Å². The molecule has 0 N–H and O–H groups in total. The Morgan fingerprint density at radius 3 is 2.88 bits per heavy atom. The minimum absolute atomic E-state index is 0.197. The van der Waals surface area contributed by atoms with Gasteiger partial charge < -0.3 is 14.4 Å². The molecule has 4 heteroatoms. The number of hydrogen-bond donors (Lipinski definition) is 0. The first-order valence-electron chi connectivity index (χ1n) is 6.52. The second-order valence-corrected chi connectivity index (χ2v) is 5.00. The molecule has 4 nitrogen and oxygen atoms in total. The van der Waals surface area contributed by atoms with E-state index in [-0.39, 0.29) is 5.97 Å². The molecule has 1 saturated heterocycles. The van der Waals surface area contributed by atoms with E-state index < -0.39 is 0 Å². The van der Waals surface area contributed by atoms with E-state index in [0.717, 1.165) is 13.2 Å². The van der Waals surface area contributed by atoms with Crippen molar-refractivity contribution in [2.24, 2.45) is 5.92 Å². The van der Waals surface area contributed by atoms with E-state index in [4.69, 9.17) is 4.74 Å². The van der Waals surface area contributed by atoms with Crippen LogP contribution in [0.3, 0.4) is 0 Å². The Morgan fingerprint density at radius 2 is 2.24 bits per heavy atom. The molecule has 100 valence electrons. The Bertz CT molecular complexity index is 231. The van der Waals surface area contributed by atoms with Crippen LogP contribution in [0.25, 0.3) is 0 Å². The van der Waals surface area contributed by atoms with Crippen molar-refractivity contribution in [1.82, 2.24) is 4.90 Å². The fourth-order valence-electron chi connectivity index (χ4n) is 2.21. The summed E-state index contributed by atoms with van der Waals surface area (Å²) in [6.45, 7) is 8.04. The Morgan fingerprint density at radius 1 is 1.47 bits per heavy atom. The molecular weight excluding hydrogens is 218 g/mol. The second kappa shape index (κ2) is 7.67. The van der Waals surface area contributed by atoms with Gasteiger partial charge in [-0.15, -0.1) is 0 Å². The van der Waals surface area contributed by atoms with Gasteiger partial charge in [-0.1, -0.05) is 0 Å². The van der Waals surface area contributed by atoms with Crippen LogP contribution in [0.2, 0.25) is 0 Å². The van der Waals surface area contributed by atoms with Gasteiger partial charge in [-0.25, -0.2) is 0 Å². The first-order valence-corrected chi connectivity index (χ1v) is 6.52. The van der Waals surface area contributed by atoms with E-state index in [1.54, 1.807) is 0 Å². The standard InChI is InChI=1S/C13H25NO3/c1-11(2)14-7-4-5-12(9-14)10-17-8-6-13(15)16-3/h11-12H,4-10H2,1-3H3/t12-/m0/s1. The average Bonchev–Trinajstić information content (AvgIpc) is 2.34.